The number of halogens is 2. The van der Waals surface area contributed by atoms with Gasteiger partial charge in [-0.05, 0) is 31.0 Å². The van der Waals surface area contributed by atoms with Crippen LogP contribution in [0.15, 0.2) is 48.5 Å². The summed E-state index contributed by atoms with van der Waals surface area (Å²) in [4.78, 5) is 27.2. The van der Waals surface area contributed by atoms with E-state index in [4.69, 9.17) is 0 Å². The second-order valence-electron chi connectivity index (χ2n) is 7.19. The predicted molar refractivity (Wildman–Crippen MR) is 118 cm³/mol. The molecule has 32 heavy (non-hydrogen) atoms. The number of hydrogen-bond acceptors (Lipinski definition) is 4. The van der Waals surface area contributed by atoms with E-state index >= 15 is 0 Å². The highest BCUT2D eigenvalue weighted by atomic mass is 32.2. The molecule has 1 unspecified atom stereocenters. The van der Waals surface area contributed by atoms with Gasteiger partial charge >= 0.3 is 0 Å². The molecule has 0 aromatic heterocycles. The number of anilines is 1. The molecule has 0 saturated heterocycles. The van der Waals surface area contributed by atoms with E-state index in [1.807, 2.05) is 6.07 Å². The van der Waals surface area contributed by atoms with Crippen LogP contribution < -0.4 is 9.62 Å². The Morgan fingerprint density at radius 3 is 2.22 bits per heavy atom. The smallest absolute Gasteiger partial charge is 0.244 e. The zero-order valence-corrected chi connectivity index (χ0v) is 19.0. The molecule has 0 fully saturated rings. The van der Waals surface area contributed by atoms with Crippen molar-refractivity contribution in [3.63, 3.8) is 0 Å². The SMILES string of the molecule is CCNC(=O)C(CC)N(Cc1ccccc1)C(=O)CN(c1ccc(F)c(F)c1)S(C)(=O)=O. The highest BCUT2D eigenvalue weighted by molar-refractivity contribution is 7.92. The number of rotatable bonds is 10. The van der Waals surface area contributed by atoms with Crippen LogP contribution in [0.4, 0.5) is 14.5 Å². The molecule has 1 atom stereocenters. The van der Waals surface area contributed by atoms with Gasteiger partial charge in [0.2, 0.25) is 21.8 Å². The number of nitrogens with zero attached hydrogens (tertiary/aromatic N) is 2. The van der Waals surface area contributed by atoms with Gasteiger partial charge in [-0.3, -0.25) is 13.9 Å². The van der Waals surface area contributed by atoms with Crippen LogP contribution in [0.25, 0.3) is 0 Å². The summed E-state index contributed by atoms with van der Waals surface area (Å²) in [7, 11) is -4.02. The van der Waals surface area contributed by atoms with E-state index in [2.05, 4.69) is 5.32 Å². The van der Waals surface area contributed by atoms with E-state index in [0.29, 0.717) is 23.3 Å². The first kappa shape index (κ1) is 25.3. The fraction of sp³-hybridized carbons (Fsp3) is 0.364. The summed E-state index contributed by atoms with van der Waals surface area (Å²) in [6.45, 7) is 3.27. The fourth-order valence-electron chi connectivity index (χ4n) is 3.25. The molecule has 0 saturated carbocycles. The molecule has 7 nitrogen and oxygen atoms in total. The Bertz CT molecular complexity index is 1050. The summed E-state index contributed by atoms with van der Waals surface area (Å²) in [6.07, 6.45) is 1.17. The number of carbonyl (C=O) groups excluding carboxylic acids is 2. The van der Waals surface area contributed by atoms with Crippen LogP contribution in [0, 0.1) is 11.6 Å². The van der Waals surface area contributed by atoms with Gasteiger partial charge in [0.05, 0.1) is 11.9 Å². The maximum absolute atomic E-state index is 13.7. The Kier molecular flexibility index (Phi) is 8.71. The van der Waals surface area contributed by atoms with Gasteiger partial charge in [-0.1, -0.05) is 37.3 Å². The molecule has 10 heteroatoms. The number of amides is 2. The molecule has 2 aromatic rings. The van der Waals surface area contributed by atoms with Gasteiger partial charge < -0.3 is 10.2 Å². The Morgan fingerprint density at radius 2 is 1.69 bits per heavy atom. The van der Waals surface area contributed by atoms with E-state index in [1.165, 1.54) is 4.90 Å². The minimum absolute atomic E-state index is 0.0741. The maximum atomic E-state index is 13.7. The lowest BCUT2D eigenvalue weighted by Crippen LogP contribution is -2.52. The molecule has 0 bridgehead atoms. The molecular formula is C22H27F2N3O4S. The standard InChI is InChI=1S/C22H27F2N3O4S/c1-4-20(22(29)25-5-2)26(14-16-9-7-6-8-10-16)21(28)15-27(32(3,30)31)17-11-12-18(23)19(24)13-17/h6-13,20H,4-5,14-15H2,1-3H3,(H,25,29). The van der Waals surface area contributed by atoms with Gasteiger partial charge in [-0.2, -0.15) is 0 Å². The lowest BCUT2D eigenvalue weighted by atomic mass is 10.1. The molecule has 0 heterocycles. The molecule has 0 spiro atoms. The summed E-state index contributed by atoms with van der Waals surface area (Å²) in [6, 6.07) is 10.7. The van der Waals surface area contributed by atoms with Crippen molar-refractivity contribution < 1.29 is 26.8 Å². The molecule has 2 amide bonds. The molecule has 2 rings (SSSR count). The highest BCUT2D eigenvalue weighted by Crippen LogP contribution is 2.22. The van der Waals surface area contributed by atoms with E-state index in [1.54, 1.807) is 38.1 Å². The topological polar surface area (TPSA) is 86.8 Å². The van der Waals surface area contributed by atoms with Crippen molar-refractivity contribution in [3.05, 3.63) is 65.7 Å². The van der Waals surface area contributed by atoms with Crippen LogP contribution in [0.3, 0.4) is 0 Å². The number of benzene rings is 2. The summed E-state index contributed by atoms with van der Waals surface area (Å²) in [5.41, 5.74) is 0.563. The number of likely N-dealkylation sites (N-methyl/N-ethyl adjacent to an activating group) is 1. The van der Waals surface area contributed by atoms with Crippen molar-refractivity contribution in [2.75, 3.05) is 23.7 Å². The number of sulfonamides is 1. The summed E-state index contributed by atoms with van der Waals surface area (Å²) in [5.74, 6) is -3.39. The number of nitrogens with one attached hydrogen (secondary N) is 1. The molecule has 0 aliphatic rings. The van der Waals surface area contributed by atoms with Gasteiger partial charge in [0.15, 0.2) is 11.6 Å². The van der Waals surface area contributed by atoms with Crippen molar-refractivity contribution in [2.45, 2.75) is 32.9 Å². The lowest BCUT2D eigenvalue weighted by Gasteiger charge is -2.32. The highest BCUT2D eigenvalue weighted by Gasteiger charge is 2.31. The first-order chi connectivity index (χ1) is 15.1. The Morgan fingerprint density at radius 1 is 1.03 bits per heavy atom. The average Bonchev–Trinajstić information content (AvgIpc) is 2.74. The molecule has 0 aliphatic heterocycles. The third-order valence-electron chi connectivity index (χ3n) is 4.80. The van der Waals surface area contributed by atoms with E-state index in [0.717, 1.165) is 24.0 Å². The van der Waals surface area contributed by atoms with Crippen molar-refractivity contribution in [1.29, 1.82) is 0 Å². The Labute approximate surface area is 187 Å². The van der Waals surface area contributed by atoms with Crippen molar-refractivity contribution in [3.8, 4) is 0 Å². The van der Waals surface area contributed by atoms with Crippen LogP contribution in [-0.2, 0) is 26.2 Å². The molecule has 1 N–H and O–H groups in total. The van der Waals surface area contributed by atoms with Crippen LogP contribution in [0.2, 0.25) is 0 Å². The van der Waals surface area contributed by atoms with Gasteiger partial charge in [-0.25, -0.2) is 17.2 Å². The van der Waals surface area contributed by atoms with Gasteiger partial charge in [-0.15, -0.1) is 0 Å². The third kappa shape index (κ3) is 6.49. The third-order valence-corrected chi connectivity index (χ3v) is 5.94. The van der Waals surface area contributed by atoms with Gasteiger partial charge in [0, 0.05) is 19.2 Å². The van der Waals surface area contributed by atoms with Crippen molar-refractivity contribution in [1.82, 2.24) is 10.2 Å². The minimum atomic E-state index is -4.02. The monoisotopic (exact) mass is 467 g/mol. The van der Waals surface area contributed by atoms with E-state index < -0.39 is 40.2 Å². The first-order valence-corrected chi connectivity index (χ1v) is 12.0. The average molecular weight is 468 g/mol. The van der Waals surface area contributed by atoms with Crippen molar-refractivity contribution in [2.24, 2.45) is 0 Å². The second kappa shape index (κ2) is 11.0. The molecule has 2 aromatic carbocycles. The second-order valence-corrected chi connectivity index (χ2v) is 9.10. The van der Waals surface area contributed by atoms with E-state index in [9.17, 15) is 26.8 Å². The molecule has 0 aliphatic carbocycles. The van der Waals surface area contributed by atoms with Gasteiger partial charge in [0.1, 0.15) is 12.6 Å². The zero-order valence-electron chi connectivity index (χ0n) is 18.2. The molecule has 0 radical (unpaired) electrons. The largest absolute Gasteiger partial charge is 0.355 e. The van der Waals surface area contributed by atoms with Gasteiger partial charge in [0.25, 0.3) is 0 Å². The van der Waals surface area contributed by atoms with Crippen LogP contribution in [0.5, 0.6) is 0 Å². The first-order valence-electron chi connectivity index (χ1n) is 10.1. The lowest BCUT2D eigenvalue weighted by molar-refractivity contribution is -0.140. The Hall–Kier alpha value is -3.01. The predicted octanol–water partition coefficient (Wildman–Crippen LogP) is 2.67. The summed E-state index contributed by atoms with van der Waals surface area (Å²) in [5, 5.41) is 2.69. The van der Waals surface area contributed by atoms with Crippen LogP contribution in [-0.4, -0.2) is 50.5 Å². The normalized spacial score (nSPS) is 12.2. The molecule has 174 valence electrons. The van der Waals surface area contributed by atoms with Crippen LogP contribution in [0.1, 0.15) is 25.8 Å². The maximum Gasteiger partial charge on any atom is 0.244 e. The Balaban J connectivity index is 2.42. The van der Waals surface area contributed by atoms with E-state index in [-0.39, 0.29) is 18.1 Å². The summed E-state index contributed by atoms with van der Waals surface area (Å²) < 4.78 is 52.5. The zero-order chi connectivity index (χ0) is 23.9. The summed E-state index contributed by atoms with van der Waals surface area (Å²) >= 11 is 0. The molecular weight excluding hydrogens is 440 g/mol. The van der Waals surface area contributed by atoms with Crippen LogP contribution >= 0.6 is 0 Å². The number of carbonyl (C=O) groups is 2. The minimum Gasteiger partial charge on any atom is -0.355 e. The fourth-order valence-corrected chi connectivity index (χ4v) is 4.09. The number of hydrogen-bond donors (Lipinski definition) is 1. The quantitative estimate of drug-likeness (QED) is 0.582. The van der Waals surface area contributed by atoms with Crippen molar-refractivity contribution >= 4 is 27.5 Å².